The molecule has 0 atom stereocenters. The van der Waals surface area contributed by atoms with E-state index in [1.54, 1.807) is 30.6 Å². The van der Waals surface area contributed by atoms with Gasteiger partial charge in [-0.3, -0.25) is 14.9 Å². The predicted octanol–water partition coefficient (Wildman–Crippen LogP) is 3.13. The first kappa shape index (κ1) is 16.3. The van der Waals surface area contributed by atoms with Gasteiger partial charge in [-0.1, -0.05) is 24.3 Å². The summed E-state index contributed by atoms with van der Waals surface area (Å²) in [7, 11) is 0. The van der Waals surface area contributed by atoms with E-state index in [1.807, 2.05) is 17.6 Å². The molecule has 0 aliphatic heterocycles. The summed E-state index contributed by atoms with van der Waals surface area (Å²) < 4.78 is 1.88. The highest BCUT2D eigenvalue weighted by molar-refractivity contribution is 6.07. The summed E-state index contributed by atoms with van der Waals surface area (Å²) in [6.45, 7) is 2.70. The Hall–Kier alpha value is -3.55. The Balaban J connectivity index is 1.88. The second kappa shape index (κ2) is 6.91. The average molecular weight is 337 g/mol. The topological polar surface area (TPSA) is 103 Å². The number of hydrogen-bond donors (Lipinski definition) is 1. The fourth-order valence-corrected chi connectivity index (χ4v) is 2.47. The van der Waals surface area contributed by atoms with Gasteiger partial charge in [0, 0.05) is 23.9 Å². The minimum absolute atomic E-state index is 0.00891. The lowest BCUT2D eigenvalue weighted by atomic mass is 10.1. The lowest BCUT2D eigenvalue weighted by Gasteiger charge is -2.08. The van der Waals surface area contributed by atoms with E-state index in [-0.39, 0.29) is 11.3 Å². The molecule has 2 aromatic carbocycles. The number of amides is 1. The molecule has 1 heterocycles. The first-order valence-electron chi connectivity index (χ1n) is 7.63. The molecule has 0 fully saturated rings. The molecule has 1 aromatic heterocycles. The van der Waals surface area contributed by atoms with Gasteiger partial charge in [0.15, 0.2) is 5.82 Å². The van der Waals surface area contributed by atoms with Gasteiger partial charge < -0.3 is 9.88 Å². The van der Waals surface area contributed by atoms with Gasteiger partial charge >= 0.3 is 0 Å². The van der Waals surface area contributed by atoms with Crippen LogP contribution in [0.25, 0.3) is 11.4 Å². The molecule has 25 heavy (non-hydrogen) atoms. The van der Waals surface area contributed by atoms with Gasteiger partial charge in [0.25, 0.3) is 11.6 Å². The van der Waals surface area contributed by atoms with Crippen LogP contribution in [0.4, 0.5) is 11.4 Å². The van der Waals surface area contributed by atoms with Crippen LogP contribution in [0, 0.1) is 10.1 Å². The fourth-order valence-electron chi connectivity index (χ4n) is 2.47. The number of carbonyl (C=O) groups excluding carboxylic acids is 1. The average Bonchev–Trinajstić information content (AvgIpc) is 3.10. The number of nitrogens with one attached hydrogen (secondary N) is 1. The summed E-state index contributed by atoms with van der Waals surface area (Å²) in [5.41, 5.74) is 1.09. The maximum absolute atomic E-state index is 12.4. The number of rotatable bonds is 5. The van der Waals surface area contributed by atoms with Crippen molar-refractivity contribution in [3.63, 3.8) is 0 Å². The zero-order chi connectivity index (χ0) is 17.8. The first-order valence-corrected chi connectivity index (χ1v) is 7.63. The summed E-state index contributed by atoms with van der Waals surface area (Å²) in [4.78, 5) is 22.9. The van der Waals surface area contributed by atoms with Crippen LogP contribution >= 0.6 is 0 Å². The minimum Gasteiger partial charge on any atom is -0.322 e. The molecular weight excluding hydrogens is 322 g/mol. The fraction of sp³-hybridized carbons (Fsp3) is 0.118. The number of aromatic nitrogens is 3. The van der Waals surface area contributed by atoms with Crippen molar-refractivity contribution in [1.82, 2.24) is 14.8 Å². The van der Waals surface area contributed by atoms with E-state index >= 15 is 0 Å². The van der Waals surface area contributed by atoms with Crippen LogP contribution in [-0.2, 0) is 6.54 Å². The van der Waals surface area contributed by atoms with Crippen LogP contribution in [0.1, 0.15) is 17.3 Å². The zero-order valence-electron chi connectivity index (χ0n) is 13.4. The molecule has 1 amide bonds. The Morgan fingerprint density at radius 2 is 2.04 bits per heavy atom. The van der Waals surface area contributed by atoms with Crippen molar-refractivity contribution in [3.8, 4) is 11.4 Å². The molecule has 126 valence electrons. The summed E-state index contributed by atoms with van der Waals surface area (Å²) in [6, 6.07) is 12.9. The van der Waals surface area contributed by atoms with Gasteiger partial charge in [0.05, 0.1) is 4.92 Å². The number of para-hydroxylation sites is 1. The minimum atomic E-state index is -0.574. The summed E-state index contributed by atoms with van der Waals surface area (Å²) >= 11 is 0. The third kappa shape index (κ3) is 3.37. The van der Waals surface area contributed by atoms with Gasteiger partial charge in [-0.25, -0.2) is 0 Å². The third-order valence-corrected chi connectivity index (χ3v) is 3.68. The Kier molecular flexibility index (Phi) is 4.51. The predicted molar refractivity (Wildman–Crippen MR) is 92.2 cm³/mol. The van der Waals surface area contributed by atoms with Gasteiger partial charge in [0.2, 0.25) is 0 Å². The molecule has 3 rings (SSSR count). The quantitative estimate of drug-likeness (QED) is 0.569. The molecule has 0 aliphatic carbocycles. The number of nitrogens with zero attached hydrogens (tertiary/aromatic N) is 4. The maximum Gasteiger partial charge on any atom is 0.282 e. The van der Waals surface area contributed by atoms with Crippen molar-refractivity contribution in [2.24, 2.45) is 0 Å². The van der Waals surface area contributed by atoms with Crippen molar-refractivity contribution >= 4 is 17.3 Å². The van der Waals surface area contributed by atoms with Crippen molar-refractivity contribution in [2.75, 3.05) is 5.32 Å². The van der Waals surface area contributed by atoms with Crippen molar-refractivity contribution in [1.29, 1.82) is 0 Å². The highest BCUT2D eigenvalue weighted by atomic mass is 16.6. The highest BCUT2D eigenvalue weighted by Crippen LogP contribution is 2.23. The van der Waals surface area contributed by atoms with Crippen molar-refractivity contribution in [2.45, 2.75) is 13.5 Å². The van der Waals surface area contributed by atoms with Crippen LogP contribution < -0.4 is 5.32 Å². The maximum atomic E-state index is 12.4. The second-order valence-electron chi connectivity index (χ2n) is 5.25. The van der Waals surface area contributed by atoms with E-state index in [0.717, 1.165) is 12.1 Å². The molecular formula is C17H15N5O3. The van der Waals surface area contributed by atoms with Gasteiger partial charge in [-0.15, -0.1) is 10.2 Å². The van der Waals surface area contributed by atoms with Gasteiger partial charge in [0.1, 0.15) is 11.9 Å². The lowest BCUT2D eigenvalue weighted by molar-refractivity contribution is -0.385. The number of aryl methyl sites for hydroxylation is 1. The van der Waals surface area contributed by atoms with Gasteiger partial charge in [-0.2, -0.15) is 0 Å². The van der Waals surface area contributed by atoms with Crippen LogP contribution in [-0.4, -0.2) is 25.6 Å². The van der Waals surface area contributed by atoms with E-state index in [0.29, 0.717) is 11.5 Å². The van der Waals surface area contributed by atoms with E-state index in [1.165, 1.54) is 18.2 Å². The molecule has 0 radical (unpaired) electrons. The molecule has 0 spiro atoms. The van der Waals surface area contributed by atoms with E-state index < -0.39 is 10.8 Å². The molecule has 0 aliphatic rings. The van der Waals surface area contributed by atoms with Crippen LogP contribution in [0.2, 0.25) is 0 Å². The monoisotopic (exact) mass is 337 g/mol. The van der Waals surface area contributed by atoms with E-state index in [9.17, 15) is 14.9 Å². The van der Waals surface area contributed by atoms with E-state index in [4.69, 9.17) is 0 Å². The van der Waals surface area contributed by atoms with Crippen molar-refractivity contribution < 1.29 is 9.72 Å². The standard InChI is InChI=1S/C17H15N5O3/c1-2-21-11-18-20-16(21)12-6-5-7-13(10-12)19-17(23)14-8-3-4-9-15(14)22(24)25/h3-11H,2H2,1H3,(H,19,23). The Morgan fingerprint density at radius 1 is 1.24 bits per heavy atom. The Morgan fingerprint density at radius 3 is 2.80 bits per heavy atom. The first-order chi connectivity index (χ1) is 12.1. The highest BCUT2D eigenvalue weighted by Gasteiger charge is 2.19. The normalized spacial score (nSPS) is 10.4. The summed E-state index contributed by atoms with van der Waals surface area (Å²) in [6.07, 6.45) is 1.63. The Bertz CT molecular complexity index is 935. The van der Waals surface area contributed by atoms with Crippen LogP contribution in [0.3, 0.4) is 0 Å². The molecule has 0 saturated carbocycles. The number of carbonyl (C=O) groups is 1. The number of nitro benzene ring substituents is 1. The number of hydrogen-bond acceptors (Lipinski definition) is 5. The zero-order valence-corrected chi connectivity index (χ0v) is 13.4. The molecule has 0 unspecified atom stereocenters. The molecule has 8 heteroatoms. The molecule has 1 N–H and O–H groups in total. The largest absolute Gasteiger partial charge is 0.322 e. The Labute approximate surface area is 143 Å². The molecule has 0 bridgehead atoms. The molecule has 3 aromatic rings. The smallest absolute Gasteiger partial charge is 0.282 e. The van der Waals surface area contributed by atoms with Crippen LogP contribution in [0.5, 0.6) is 0 Å². The lowest BCUT2D eigenvalue weighted by Crippen LogP contribution is -2.13. The third-order valence-electron chi connectivity index (χ3n) is 3.68. The SMILES string of the molecule is CCn1cnnc1-c1cccc(NC(=O)c2ccccc2[N+](=O)[O-])c1. The molecule has 8 nitrogen and oxygen atoms in total. The van der Waals surface area contributed by atoms with E-state index in [2.05, 4.69) is 15.5 Å². The summed E-state index contributed by atoms with van der Waals surface area (Å²) in [5.74, 6) is 0.144. The second-order valence-corrected chi connectivity index (χ2v) is 5.25. The number of benzene rings is 2. The van der Waals surface area contributed by atoms with Crippen LogP contribution in [0.15, 0.2) is 54.9 Å². The van der Waals surface area contributed by atoms with Gasteiger partial charge in [-0.05, 0) is 25.1 Å². The number of anilines is 1. The number of nitro groups is 1. The molecule has 0 saturated heterocycles. The van der Waals surface area contributed by atoms with Crippen molar-refractivity contribution in [3.05, 3.63) is 70.5 Å². The summed E-state index contributed by atoms with van der Waals surface area (Å²) in [5, 5.41) is 21.7.